The third-order valence-corrected chi connectivity index (χ3v) is 7.97. The zero-order valence-corrected chi connectivity index (χ0v) is 22.6. The number of hydrogen-bond donors (Lipinski definition) is 1. The van der Waals surface area contributed by atoms with E-state index in [2.05, 4.69) is 57.9 Å². The van der Waals surface area contributed by atoms with Gasteiger partial charge in [0, 0.05) is 54.9 Å². The van der Waals surface area contributed by atoms with Crippen LogP contribution in [-0.4, -0.2) is 45.7 Å². The number of benzene rings is 1. The number of aliphatic carboxylic acids is 1. The van der Waals surface area contributed by atoms with Crippen LogP contribution in [0, 0.1) is 30.6 Å². The molecule has 0 spiro atoms. The molecule has 1 saturated heterocycles. The second-order valence-electron chi connectivity index (χ2n) is 11.2. The SMILES string of the molecule is Cc1nc(C)c(-c2ccc3c(c2)CCN(c2nccc(C#N)n2)C3)c(N2CCC(C)(C)CC2)c1CC(=O)O. The Morgan fingerprint density at radius 1 is 1.05 bits per heavy atom. The molecule has 0 bridgehead atoms. The van der Waals surface area contributed by atoms with Crippen molar-refractivity contribution in [2.24, 2.45) is 5.41 Å². The van der Waals surface area contributed by atoms with E-state index in [-0.39, 0.29) is 11.8 Å². The Labute approximate surface area is 224 Å². The maximum absolute atomic E-state index is 11.9. The van der Waals surface area contributed by atoms with Crippen molar-refractivity contribution < 1.29 is 9.90 Å². The van der Waals surface area contributed by atoms with Crippen LogP contribution in [0.15, 0.2) is 30.5 Å². The molecule has 1 N–H and O–H groups in total. The molecule has 0 radical (unpaired) electrons. The van der Waals surface area contributed by atoms with Gasteiger partial charge in [-0.05, 0) is 61.3 Å². The number of aryl methyl sites for hydroxylation is 2. The Morgan fingerprint density at radius 2 is 1.82 bits per heavy atom. The van der Waals surface area contributed by atoms with Crippen LogP contribution in [0.1, 0.15) is 60.5 Å². The predicted octanol–water partition coefficient (Wildman–Crippen LogP) is 4.84. The molecule has 2 aliphatic rings. The average Bonchev–Trinajstić information content (AvgIpc) is 2.89. The number of carboxylic acid groups (broad SMARTS) is 1. The molecule has 3 aromatic rings. The molecule has 5 rings (SSSR count). The summed E-state index contributed by atoms with van der Waals surface area (Å²) >= 11 is 0. The minimum absolute atomic E-state index is 0.0387. The van der Waals surface area contributed by atoms with Gasteiger partial charge in [-0.25, -0.2) is 9.97 Å². The molecule has 38 heavy (non-hydrogen) atoms. The monoisotopic (exact) mass is 510 g/mol. The van der Waals surface area contributed by atoms with Gasteiger partial charge < -0.3 is 14.9 Å². The minimum Gasteiger partial charge on any atom is -0.481 e. The molecule has 8 nitrogen and oxygen atoms in total. The summed E-state index contributed by atoms with van der Waals surface area (Å²) in [7, 11) is 0. The minimum atomic E-state index is -0.837. The summed E-state index contributed by atoms with van der Waals surface area (Å²) in [6.07, 6.45) is 4.55. The van der Waals surface area contributed by atoms with Crippen molar-refractivity contribution in [1.29, 1.82) is 5.26 Å². The van der Waals surface area contributed by atoms with Crippen molar-refractivity contribution in [3.8, 4) is 17.2 Å². The second-order valence-corrected chi connectivity index (χ2v) is 11.2. The Hall–Kier alpha value is -3.99. The largest absolute Gasteiger partial charge is 0.481 e. The van der Waals surface area contributed by atoms with E-state index < -0.39 is 5.97 Å². The number of piperidine rings is 1. The highest BCUT2D eigenvalue weighted by atomic mass is 16.4. The van der Waals surface area contributed by atoms with Crippen molar-refractivity contribution >= 4 is 17.6 Å². The van der Waals surface area contributed by atoms with Crippen LogP contribution in [0.5, 0.6) is 0 Å². The summed E-state index contributed by atoms with van der Waals surface area (Å²) in [6.45, 7) is 11.8. The average molecular weight is 511 g/mol. The van der Waals surface area contributed by atoms with Gasteiger partial charge in [0.05, 0.1) is 12.1 Å². The Balaban J connectivity index is 1.54. The number of carbonyl (C=O) groups is 1. The molecule has 0 unspecified atom stereocenters. The molecule has 2 aromatic heterocycles. The molecular weight excluding hydrogens is 476 g/mol. The van der Waals surface area contributed by atoms with Crippen molar-refractivity contribution in [2.75, 3.05) is 29.4 Å². The molecule has 0 saturated carbocycles. The molecule has 2 aliphatic heterocycles. The molecule has 8 heteroatoms. The van der Waals surface area contributed by atoms with Crippen molar-refractivity contribution in [1.82, 2.24) is 15.0 Å². The number of fused-ring (bicyclic) bond motifs is 1. The van der Waals surface area contributed by atoms with E-state index in [4.69, 9.17) is 4.98 Å². The molecule has 4 heterocycles. The lowest BCUT2D eigenvalue weighted by Crippen LogP contribution is -2.38. The van der Waals surface area contributed by atoms with Crippen molar-refractivity contribution in [2.45, 2.75) is 59.9 Å². The number of hydrogen-bond acceptors (Lipinski definition) is 7. The van der Waals surface area contributed by atoms with Gasteiger partial charge in [0.2, 0.25) is 5.95 Å². The molecule has 1 aromatic carbocycles. The van der Waals surface area contributed by atoms with Crippen LogP contribution in [0.25, 0.3) is 11.1 Å². The van der Waals surface area contributed by atoms with E-state index in [0.717, 1.165) is 72.7 Å². The topological polar surface area (TPSA) is 106 Å². The summed E-state index contributed by atoms with van der Waals surface area (Å²) in [5, 5.41) is 19.0. The van der Waals surface area contributed by atoms with Crippen LogP contribution in [0.3, 0.4) is 0 Å². The van der Waals surface area contributed by atoms with Crippen LogP contribution in [-0.2, 0) is 24.2 Å². The normalized spacial score (nSPS) is 16.6. The van der Waals surface area contributed by atoms with Crippen LogP contribution < -0.4 is 9.80 Å². The first-order valence-electron chi connectivity index (χ1n) is 13.2. The highest BCUT2D eigenvalue weighted by Gasteiger charge is 2.30. The standard InChI is InChI=1S/C30H34N6O2/c1-19-25(16-26(37)38)28(35-13-9-30(3,4)10-14-35)27(20(2)33-19)22-5-6-23-18-36(12-8-21(23)15-22)29-32-11-7-24(17-31)34-29/h5-7,11,15H,8-10,12-14,16,18H2,1-4H3,(H,37,38). The van der Waals surface area contributed by atoms with E-state index in [0.29, 0.717) is 18.2 Å². The smallest absolute Gasteiger partial charge is 0.307 e. The van der Waals surface area contributed by atoms with Gasteiger partial charge >= 0.3 is 5.97 Å². The first-order valence-corrected chi connectivity index (χ1v) is 13.2. The zero-order valence-electron chi connectivity index (χ0n) is 22.6. The predicted molar refractivity (Wildman–Crippen MR) is 147 cm³/mol. The van der Waals surface area contributed by atoms with Gasteiger partial charge in [0.25, 0.3) is 0 Å². The van der Waals surface area contributed by atoms with Gasteiger partial charge in [-0.3, -0.25) is 9.78 Å². The molecule has 0 atom stereocenters. The Morgan fingerprint density at radius 3 is 2.53 bits per heavy atom. The summed E-state index contributed by atoms with van der Waals surface area (Å²) in [5.74, 6) is -0.262. The third-order valence-electron chi connectivity index (χ3n) is 7.97. The van der Waals surface area contributed by atoms with Gasteiger partial charge in [-0.2, -0.15) is 5.26 Å². The van der Waals surface area contributed by atoms with E-state index in [9.17, 15) is 15.2 Å². The zero-order chi connectivity index (χ0) is 27.0. The van der Waals surface area contributed by atoms with E-state index in [1.165, 1.54) is 11.1 Å². The first kappa shape index (κ1) is 25.7. The van der Waals surface area contributed by atoms with Crippen molar-refractivity contribution in [3.05, 3.63) is 64.2 Å². The summed E-state index contributed by atoms with van der Waals surface area (Å²) in [5.41, 5.74) is 8.81. The fourth-order valence-electron chi connectivity index (χ4n) is 5.70. The van der Waals surface area contributed by atoms with Gasteiger partial charge in [0.15, 0.2) is 0 Å². The summed E-state index contributed by atoms with van der Waals surface area (Å²) < 4.78 is 0. The number of pyridine rings is 1. The highest BCUT2D eigenvalue weighted by molar-refractivity contribution is 5.86. The number of rotatable bonds is 5. The lowest BCUT2D eigenvalue weighted by Gasteiger charge is -2.40. The van der Waals surface area contributed by atoms with Gasteiger partial charge in [-0.1, -0.05) is 32.0 Å². The van der Waals surface area contributed by atoms with Gasteiger partial charge in [0.1, 0.15) is 11.8 Å². The van der Waals surface area contributed by atoms with Crippen molar-refractivity contribution in [3.63, 3.8) is 0 Å². The second kappa shape index (κ2) is 10.1. The summed E-state index contributed by atoms with van der Waals surface area (Å²) in [4.78, 5) is 30.0. The van der Waals surface area contributed by atoms with E-state index in [1.54, 1.807) is 12.3 Å². The molecule has 1 fully saturated rings. The highest BCUT2D eigenvalue weighted by Crippen LogP contribution is 2.42. The van der Waals surface area contributed by atoms with E-state index >= 15 is 0 Å². The van der Waals surface area contributed by atoms with Crippen LogP contribution in [0.4, 0.5) is 11.6 Å². The van der Waals surface area contributed by atoms with Gasteiger partial charge in [-0.15, -0.1) is 0 Å². The number of nitrogens with zero attached hydrogens (tertiary/aromatic N) is 6. The fourth-order valence-corrected chi connectivity index (χ4v) is 5.70. The summed E-state index contributed by atoms with van der Waals surface area (Å²) in [6, 6.07) is 10.2. The third kappa shape index (κ3) is 5.06. The van der Waals surface area contributed by atoms with E-state index in [1.807, 2.05) is 13.8 Å². The number of nitriles is 1. The molecule has 0 amide bonds. The number of carboxylic acids is 1. The lowest BCUT2D eigenvalue weighted by molar-refractivity contribution is -0.136. The number of aromatic nitrogens is 3. The quantitative estimate of drug-likeness (QED) is 0.520. The Bertz CT molecular complexity index is 1430. The Kier molecular flexibility index (Phi) is 6.78. The maximum Gasteiger partial charge on any atom is 0.307 e. The number of anilines is 2. The van der Waals surface area contributed by atoms with Crippen LogP contribution in [0.2, 0.25) is 0 Å². The lowest BCUT2D eigenvalue weighted by atomic mass is 9.82. The molecular formula is C30H34N6O2. The van der Waals surface area contributed by atoms with Crippen LogP contribution >= 0.6 is 0 Å². The fraction of sp³-hybridized carbons (Fsp3) is 0.433. The first-order chi connectivity index (χ1) is 18.1. The molecule has 196 valence electrons. The maximum atomic E-state index is 11.9. The molecule has 0 aliphatic carbocycles.